The third-order valence-electron chi connectivity index (χ3n) is 9.52. The van der Waals surface area contributed by atoms with Crippen LogP contribution in [0.1, 0.15) is 70.9 Å². The van der Waals surface area contributed by atoms with Gasteiger partial charge in [0.15, 0.2) is 0 Å². The number of ether oxygens (including phenoxy) is 1. The normalized spacial score (nSPS) is 30.9. The fourth-order valence-electron chi connectivity index (χ4n) is 7.41. The molecule has 0 spiro atoms. The fraction of sp³-hybridized carbons (Fsp3) is 0.645. The second-order valence-electron chi connectivity index (χ2n) is 13.3. The van der Waals surface area contributed by atoms with E-state index in [1.165, 1.54) is 12.1 Å². The van der Waals surface area contributed by atoms with E-state index in [1.807, 2.05) is 32.9 Å². The molecule has 3 saturated heterocycles. The molecular formula is C31H40FN5O3. The number of piperazine rings is 1. The average Bonchev–Trinajstić information content (AvgIpc) is 3.18. The van der Waals surface area contributed by atoms with E-state index in [9.17, 15) is 19.2 Å². The summed E-state index contributed by atoms with van der Waals surface area (Å²) in [6.07, 6.45) is 5.39. The van der Waals surface area contributed by atoms with Gasteiger partial charge < -0.3 is 19.9 Å². The van der Waals surface area contributed by atoms with Crippen LogP contribution in [0.3, 0.4) is 0 Å². The van der Waals surface area contributed by atoms with E-state index in [0.29, 0.717) is 36.7 Å². The first-order chi connectivity index (χ1) is 19.0. The number of likely N-dealkylation sites (tertiary alicyclic amines) is 3. The topological polar surface area (TPSA) is 88.9 Å². The molecule has 8 nitrogen and oxygen atoms in total. The van der Waals surface area contributed by atoms with Crippen LogP contribution in [0.5, 0.6) is 0 Å². The van der Waals surface area contributed by atoms with Crippen molar-refractivity contribution < 1.29 is 18.7 Å². The molecule has 214 valence electrons. The Balaban J connectivity index is 1.20. The van der Waals surface area contributed by atoms with Crippen molar-refractivity contribution in [3.05, 3.63) is 47.9 Å². The lowest BCUT2D eigenvalue weighted by Gasteiger charge is -2.45. The summed E-state index contributed by atoms with van der Waals surface area (Å²) in [6, 6.07) is 8.37. The SMILES string of the molecule is C=C(C(CN1C[C@@H]2CC1C(=O)N2C(c1ccc(F)cc1)C1CCC1)NC(=O)OC(C)(C)C)N1C(C#N)C[C@@H]2C[C@@H]21. The summed E-state index contributed by atoms with van der Waals surface area (Å²) < 4.78 is 19.3. The van der Waals surface area contributed by atoms with Crippen LogP contribution in [0.15, 0.2) is 36.5 Å². The molecule has 40 heavy (non-hydrogen) atoms. The Bertz CT molecular complexity index is 1220. The number of nitrogens with zero attached hydrogens (tertiary/aromatic N) is 4. The smallest absolute Gasteiger partial charge is 0.408 e. The van der Waals surface area contributed by atoms with E-state index in [1.54, 1.807) is 0 Å². The zero-order valence-electron chi connectivity index (χ0n) is 23.7. The molecule has 2 saturated carbocycles. The standard InChI is InChI=1S/C31H40FN5O3/c1-18(36-23(15-33)12-21-13-26(21)36)25(34-30(39)40-31(2,3)4)17-35-16-24-14-27(35)29(38)37(24)28(19-6-5-7-19)20-8-10-22(32)11-9-20/h8-11,19,21,23-28H,1,5-7,12-14,16-17H2,2-4H3,(H,34,39)/t21-,23?,24+,25?,26+,27?,28?/m1/s1. The third kappa shape index (κ3) is 4.96. The van der Waals surface area contributed by atoms with Crippen LogP contribution in [0, 0.1) is 29.0 Å². The number of piperidine rings is 1. The van der Waals surface area contributed by atoms with Crippen LogP contribution >= 0.6 is 0 Å². The minimum absolute atomic E-state index is 0.0302. The number of nitrogens with one attached hydrogen (secondary N) is 1. The number of carbonyl (C=O) groups excluding carboxylic acids is 2. The van der Waals surface area contributed by atoms with E-state index in [2.05, 4.69) is 32.7 Å². The molecule has 2 aliphatic carbocycles. The molecule has 0 radical (unpaired) electrons. The molecular weight excluding hydrogens is 509 g/mol. The quantitative estimate of drug-likeness (QED) is 0.519. The lowest BCUT2D eigenvalue weighted by molar-refractivity contribution is -0.141. The summed E-state index contributed by atoms with van der Waals surface area (Å²) in [7, 11) is 0. The second-order valence-corrected chi connectivity index (χ2v) is 13.3. The van der Waals surface area contributed by atoms with Crippen LogP contribution in [0.4, 0.5) is 9.18 Å². The zero-order valence-corrected chi connectivity index (χ0v) is 23.7. The maximum Gasteiger partial charge on any atom is 0.408 e. The largest absolute Gasteiger partial charge is 0.444 e. The number of alkyl carbamates (subject to hydrolysis) is 1. The maximum absolute atomic E-state index is 13.9. The number of hydrogen-bond donors (Lipinski definition) is 1. The molecule has 9 heteroatoms. The number of carbonyl (C=O) groups is 2. The summed E-state index contributed by atoms with van der Waals surface area (Å²) in [5.41, 5.74) is 1.07. The van der Waals surface area contributed by atoms with Crippen LogP contribution in [0.25, 0.3) is 0 Å². The Morgan fingerprint density at radius 1 is 1.23 bits per heavy atom. The van der Waals surface area contributed by atoms with Crippen molar-refractivity contribution in [3.63, 3.8) is 0 Å². The molecule has 3 aliphatic heterocycles. The van der Waals surface area contributed by atoms with Crippen molar-refractivity contribution >= 4 is 12.0 Å². The van der Waals surface area contributed by atoms with Gasteiger partial charge in [0.1, 0.15) is 17.5 Å². The van der Waals surface area contributed by atoms with Gasteiger partial charge in [-0.1, -0.05) is 25.1 Å². The first-order valence-electron chi connectivity index (χ1n) is 14.7. The minimum atomic E-state index is -0.652. The Labute approximate surface area is 236 Å². The van der Waals surface area contributed by atoms with E-state index < -0.39 is 17.7 Å². The number of nitriles is 1. The van der Waals surface area contributed by atoms with Gasteiger partial charge in [-0.3, -0.25) is 9.69 Å². The second kappa shape index (κ2) is 10.1. The Morgan fingerprint density at radius 3 is 2.55 bits per heavy atom. The molecule has 1 aromatic carbocycles. The molecule has 3 heterocycles. The molecule has 1 aromatic rings. The molecule has 2 amide bonds. The van der Waals surface area contributed by atoms with Crippen molar-refractivity contribution in [2.75, 3.05) is 13.1 Å². The third-order valence-corrected chi connectivity index (χ3v) is 9.52. The predicted molar refractivity (Wildman–Crippen MR) is 147 cm³/mol. The summed E-state index contributed by atoms with van der Waals surface area (Å²) in [6.45, 7) is 11.0. The van der Waals surface area contributed by atoms with Crippen LogP contribution in [-0.2, 0) is 9.53 Å². The molecule has 2 bridgehead atoms. The fourth-order valence-corrected chi connectivity index (χ4v) is 7.41. The highest BCUT2D eigenvalue weighted by Crippen LogP contribution is 2.50. The van der Waals surface area contributed by atoms with Gasteiger partial charge >= 0.3 is 6.09 Å². The highest BCUT2D eigenvalue weighted by atomic mass is 19.1. The van der Waals surface area contributed by atoms with Crippen molar-refractivity contribution in [1.82, 2.24) is 20.0 Å². The van der Waals surface area contributed by atoms with Gasteiger partial charge in [-0.2, -0.15) is 5.26 Å². The van der Waals surface area contributed by atoms with E-state index in [0.717, 1.165) is 44.1 Å². The molecule has 1 N–H and O–H groups in total. The highest BCUT2D eigenvalue weighted by molar-refractivity contribution is 5.86. The zero-order chi connectivity index (χ0) is 28.3. The number of rotatable bonds is 8. The highest BCUT2D eigenvalue weighted by Gasteiger charge is 2.56. The maximum atomic E-state index is 13.9. The molecule has 5 aliphatic rings. The van der Waals surface area contributed by atoms with Gasteiger partial charge in [-0.25, -0.2) is 9.18 Å². The Kier molecular flexibility index (Phi) is 6.81. The number of hydrogen-bond acceptors (Lipinski definition) is 6. The molecule has 6 rings (SSSR count). The first kappa shape index (κ1) is 27.1. The Morgan fingerprint density at radius 2 is 1.95 bits per heavy atom. The van der Waals surface area contributed by atoms with Gasteiger partial charge in [0, 0.05) is 30.9 Å². The number of benzene rings is 1. The lowest BCUT2D eigenvalue weighted by atomic mass is 9.76. The number of halogens is 1. The Hall–Kier alpha value is -3.12. The van der Waals surface area contributed by atoms with Crippen molar-refractivity contribution in [3.8, 4) is 6.07 Å². The van der Waals surface area contributed by atoms with Gasteiger partial charge in [-0.05, 0) is 82.4 Å². The first-order valence-corrected chi connectivity index (χ1v) is 14.7. The lowest BCUT2D eigenvalue weighted by Crippen LogP contribution is -2.57. The summed E-state index contributed by atoms with van der Waals surface area (Å²) in [4.78, 5) is 33.1. The van der Waals surface area contributed by atoms with Gasteiger partial charge in [0.2, 0.25) is 5.91 Å². The molecule has 5 fully saturated rings. The average molecular weight is 550 g/mol. The van der Waals surface area contributed by atoms with Gasteiger partial charge in [0.25, 0.3) is 0 Å². The van der Waals surface area contributed by atoms with Gasteiger partial charge in [0.05, 0.1) is 24.2 Å². The summed E-state index contributed by atoms with van der Waals surface area (Å²) in [5, 5.41) is 12.8. The van der Waals surface area contributed by atoms with Crippen LogP contribution in [0.2, 0.25) is 0 Å². The predicted octanol–water partition coefficient (Wildman–Crippen LogP) is 4.35. The molecule has 0 aromatic heterocycles. The molecule has 4 unspecified atom stereocenters. The number of fused-ring (bicyclic) bond motifs is 3. The summed E-state index contributed by atoms with van der Waals surface area (Å²) >= 11 is 0. The monoisotopic (exact) mass is 549 g/mol. The van der Waals surface area contributed by atoms with E-state index >= 15 is 0 Å². The van der Waals surface area contributed by atoms with E-state index in [-0.39, 0.29) is 35.9 Å². The van der Waals surface area contributed by atoms with Crippen molar-refractivity contribution in [1.29, 1.82) is 5.26 Å². The van der Waals surface area contributed by atoms with Crippen LogP contribution in [-0.4, -0.2) is 75.6 Å². The number of amides is 2. The van der Waals surface area contributed by atoms with E-state index in [4.69, 9.17) is 4.74 Å². The van der Waals surface area contributed by atoms with Crippen molar-refractivity contribution in [2.24, 2.45) is 11.8 Å². The van der Waals surface area contributed by atoms with Crippen LogP contribution < -0.4 is 5.32 Å². The van der Waals surface area contributed by atoms with Crippen molar-refractivity contribution in [2.45, 2.75) is 101 Å². The molecule has 7 atom stereocenters. The minimum Gasteiger partial charge on any atom is -0.444 e. The van der Waals surface area contributed by atoms with Gasteiger partial charge in [-0.15, -0.1) is 0 Å². The summed E-state index contributed by atoms with van der Waals surface area (Å²) in [5.74, 6) is 0.747.